The topological polar surface area (TPSA) is 18.5 Å². The summed E-state index contributed by atoms with van der Waals surface area (Å²) in [7, 11) is -2.01. The lowest BCUT2D eigenvalue weighted by Gasteiger charge is -2.25. The Hall–Kier alpha value is -4.43. The van der Waals surface area contributed by atoms with Crippen LogP contribution in [0.5, 0.6) is 0 Å². The van der Waals surface area contributed by atoms with Crippen molar-refractivity contribution in [1.82, 2.24) is 0 Å². The van der Waals surface area contributed by atoms with Crippen molar-refractivity contribution in [2.45, 2.75) is 0 Å². The number of hydrogen-bond acceptors (Lipinski definition) is 2. The van der Waals surface area contributed by atoms with Gasteiger partial charge in [0.05, 0.1) is 0 Å². The van der Waals surface area contributed by atoms with Crippen LogP contribution in [0.2, 0.25) is 0 Å². The Bertz CT molecular complexity index is 1460. The van der Waals surface area contributed by atoms with Crippen LogP contribution in [0.3, 0.4) is 0 Å². The monoisotopic (exact) mass is 550 g/mol. The van der Waals surface area contributed by atoms with E-state index in [4.69, 9.17) is 8.85 Å². The maximum atomic E-state index is 6.29. The smallest absolute Gasteiger partial charge is 0.337 e. The molecular weight excluding hydrogens is 521 g/mol. The van der Waals surface area contributed by atoms with Crippen molar-refractivity contribution < 1.29 is 8.85 Å². The molecule has 0 atom stereocenters. The van der Waals surface area contributed by atoms with Crippen LogP contribution < -0.4 is 20.7 Å². The molecule has 0 aliphatic rings. The second-order valence-corrected chi connectivity index (χ2v) is 15.7. The fourth-order valence-corrected chi connectivity index (χ4v) is 10.6. The third-order valence-electron chi connectivity index (χ3n) is 6.96. The molecule has 0 radical (unpaired) electrons. The van der Waals surface area contributed by atoms with Gasteiger partial charge in [-0.2, -0.15) is 0 Å². The minimum absolute atomic E-state index is 0.900. The van der Waals surface area contributed by atoms with Gasteiger partial charge in [0.25, 0.3) is 0 Å². The molecule has 0 N–H and O–H groups in total. The fourth-order valence-electron chi connectivity index (χ4n) is 4.88. The first kappa shape index (κ1) is 27.2. The first-order valence-electron chi connectivity index (χ1n) is 13.2. The zero-order chi connectivity index (χ0) is 27.7. The molecule has 0 heterocycles. The molecule has 5 rings (SSSR count). The van der Waals surface area contributed by atoms with E-state index in [1.165, 1.54) is 0 Å². The summed E-state index contributed by atoms with van der Waals surface area (Å²) >= 11 is 0. The van der Waals surface area contributed by atoms with E-state index < -0.39 is 16.6 Å². The molecule has 194 valence electrons. The highest BCUT2D eigenvalue weighted by Crippen LogP contribution is 2.10. The molecular formula is C36H30O2Si2. The van der Waals surface area contributed by atoms with Crippen molar-refractivity contribution in [2.24, 2.45) is 0 Å². The second-order valence-electron chi connectivity index (χ2n) is 9.32. The van der Waals surface area contributed by atoms with Gasteiger partial charge >= 0.3 is 16.6 Å². The maximum absolute atomic E-state index is 6.29. The minimum atomic E-state index is -2.77. The highest BCUT2D eigenvalue weighted by Gasteiger charge is 2.38. The average molecular weight is 551 g/mol. The molecule has 0 fully saturated rings. The summed E-state index contributed by atoms with van der Waals surface area (Å²) in [5.74, 6) is 6.89. The van der Waals surface area contributed by atoms with E-state index in [0.717, 1.165) is 31.9 Å². The van der Waals surface area contributed by atoms with Crippen molar-refractivity contribution in [3.8, 4) is 22.9 Å². The highest BCUT2D eigenvalue weighted by atomic mass is 28.4. The molecule has 5 aromatic carbocycles. The predicted molar refractivity (Wildman–Crippen MR) is 170 cm³/mol. The van der Waals surface area contributed by atoms with Crippen LogP contribution in [0.15, 0.2) is 146 Å². The maximum Gasteiger partial charge on any atom is 0.337 e. The molecule has 0 saturated heterocycles. The van der Waals surface area contributed by atoms with Gasteiger partial charge in [0.1, 0.15) is 0 Å². The lowest BCUT2D eigenvalue weighted by Crippen LogP contribution is -2.59. The Morgan fingerprint density at radius 2 is 0.700 bits per heavy atom. The molecule has 0 aliphatic carbocycles. The zero-order valence-electron chi connectivity index (χ0n) is 22.7. The van der Waals surface area contributed by atoms with Gasteiger partial charge in [0.15, 0.2) is 0 Å². The third kappa shape index (κ3) is 5.63. The van der Waals surface area contributed by atoms with E-state index in [1.807, 2.05) is 91.0 Å². The Labute approximate surface area is 239 Å². The van der Waals surface area contributed by atoms with Crippen LogP contribution >= 0.6 is 0 Å². The van der Waals surface area contributed by atoms with E-state index in [9.17, 15) is 0 Å². The molecule has 0 unspecified atom stereocenters. The zero-order valence-corrected chi connectivity index (χ0v) is 24.7. The fraction of sp³-hybridized carbons (Fsp3) is 0.0556. The third-order valence-corrected chi connectivity index (χ3v) is 13.7. The van der Waals surface area contributed by atoms with Gasteiger partial charge in [-0.15, -0.1) is 0 Å². The normalized spacial score (nSPS) is 11.1. The van der Waals surface area contributed by atoms with E-state index in [-0.39, 0.29) is 0 Å². The number of rotatable bonds is 6. The highest BCUT2D eigenvalue weighted by molar-refractivity contribution is 7.04. The summed E-state index contributed by atoms with van der Waals surface area (Å²) in [6.45, 7) is 0. The van der Waals surface area contributed by atoms with E-state index in [0.29, 0.717) is 0 Å². The average Bonchev–Trinajstić information content (AvgIpc) is 3.04. The molecule has 0 aliphatic heterocycles. The van der Waals surface area contributed by atoms with Gasteiger partial charge in [0.2, 0.25) is 0 Å². The number of benzene rings is 5. The van der Waals surface area contributed by atoms with E-state index >= 15 is 0 Å². The summed E-state index contributed by atoms with van der Waals surface area (Å²) in [4.78, 5) is 0. The predicted octanol–water partition coefficient (Wildman–Crippen LogP) is 4.28. The second kappa shape index (κ2) is 12.6. The Kier molecular flexibility index (Phi) is 8.57. The summed E-state index contributed by atoms with van der Waals surface area (Å²) in [6.07, 6.45) is 0. The summed E-state index contributed by atoms with van der Waals surface area (Å²) < 4.78 is 12.6. The van der Waals surface area contributed by atoms with Crippen molar-refractivity contribution >= 4 is 37.4 Å². The van der Waals surface area contributed by atoms with E-state index in [2.05, 4.69) is 77.5 Å². The molecule has 0 saturated carbocycles. The largest absolute Gasteiger partial charge is 0.402 e. The molecule has 40 heavy (non-hydrogen) atoms. The molecule has 0 spiro atoms. The van der Waals surface area contributed by atoms with Gasteiger partial charge in [0, 0.05) is 25.3 Å². The molecule has 2 nitrogen and oxygen atoms in total. The minimum Gasteiger partial charge on any atom is -0.402 e. The standard InChI is InChI=1S/C36H30O2Si2/c1-37-39(33-18-7-3-8-19-33,34-20-9-4-10-21-34)28-26-31-16-15-17-32(30-31)27-29-40(38-2,35-22-11-5-12-23-35)36-24-13-6-14-25-36/h3-25,30H,1-2H3. The van der Waals surface area contributed by atoms with Crippen molar-refractivity contribution in [1.29, 1.82) is 0 Å². The van der Waals surface area contributed by atoms with Crippen LogP contribution in [0.4, 0.5) is 0 Å². The summed E-state index contributed by atoms with van der Waals surface area (Å²) in [6, 6.07) is 49.4. The van der Waals surface area contributed by atoms with Crippen LogP contribution in [-0.4, -0.2) is 30.9 Å². The molecule has 0 bridgehead atoms. The Morgan fingerprint density at radius 3 is 0.975 bits per heavy atom. The summed E-state index contributed by atoms with van der Waals surface area (Å²) in [5.41, 5.74) is 8.99. The van der Waals surface area contributed by atoms with Gasteiger partial charge < -0.3 is 8.85 Å². The molecule has 5 aromatic rings. The van der Waals surface area contributed by atoms with Crippen LogP contribution in [0, 0.1) is 22.9 Å². The first-order chi connectivity index (χ1) is 19.7. The van der Waals surface area contributed by atoms with Crippen molar-refractivity contribution in [2.75, 3.05) is 14.2 Å². The van der Waals surface area contributed by atoms with Crippen LogP contribution in [0.25, 0.3) is 0 Å². The van der Waals surface area contributed by atoms with Gasteiger partial charge in [-0.3, -0.25) is 0 Å². The van der Waals surface area contributed by atoms with E-state index in [1.54, 1.807) is 14.2 Å². The van der Waals surface area contributed by atoms with Gasteiger partial charge in [-0.25, -0.2) is 0 Å². The van der Waals surface area contributed by atoms with Crippen molar-refractivity contribution in [3.05, 3.63) is 157 Å². The van der Waals surface area contributed by atoms with Gasteiger partial charge in [-0.05, 0) is 38.9 Å². The quantitative estimate of drug-likeness (QED) is 0.232. The lowest BCUT2D eigenvalue weighted by atomic mass is 10.1. The Morgan fingerprint density at radius 1 is 0.400 bits per heavy atom. The van der Waals surface area contributed by atoms with Crippen LogP contribution in [0.1, 0.15) is 11.1 Å². The van der Waals surface area contributed by atoms with Crippen molar-refractivity contribution in [3.63, 3.8) is 0 Å². The Balaban J connectivity index is 1.57. The SMILES string of the molecule is CO[Si](C#Cc1cccc(C#C[Si](OC)(c2ccccc2)c2ccccc2)c1)(c1ccccc1)c1ccccc1. The molecule has 0 aromatic heterocycles. The molecule has 0 amide bonds. The van der Waals surface area contributed by atoms with Gasteiger partial charge in [-0.1, -0.05) is 150 Å². The summed E-state index contributed by atoms with van der Waals surface area (Å²) in [5, 5.41) is 4.48. The molecule has 4 heteroatoms. The lowest BCUT2D eigenvalue weighted by molar-refractivity contribution is 0.427. The number of hydrogen-bond donors (Lipinski definition) is 0. The first-order valence-corrected chi connectivity index (χ1v) is 17.0. The van der Waals surface area contributed by atoms with Crippen LogP contribution in [-0.2, 0) is 8.85 Å².